The Labute approximate surface area is 137 Å². The van der Waals surface area contributed by atoms with Crippen molar-refractivity contribution < 1.29 is 14.3 Å². The Morgan fingerprint density at radius 1 is 1.09 bits per heavy atom. The van der Waals surface area contributed by atoms with Gasteiger partial charge in [-0.15, -0.1) is 0 Å². The van der Waals surface area contributed by atoms with Crippen LogP contribution >= 0.6 is 0 Å². The van der Waals surface area contributed by atoms with Gasteiger partial charge in [-0.1, -0.05) is 48.5 Å². The summed E-state index contributed by atoms with van der Waals surface area (Å²) >= 11 is 0. The van der Waals surface area contributed by atoms with E-state index < -0.39 is 0 Å². The van der Waals surface area contributed by atoms with Crippen LogP contribution in [0.1, 0.15) is 24.1 Å². The first-order valence-corrected chi connectivity index (χ1v) is 7.63. The van der Waals surface area contributed by atoms with Crippen LogP contribution in [-0.4, -0.2) is 31.6 Å². The van der Waals surface area contributed by atoms with Crippen LogP contribution in [0, 0.1) is 0 Å². The van der Waals surface area contributed by atoms with Gasteiger partial charge in [0, 0.05) is 12.6 Å². The molecule has 0 saturated carbocycles. The third-order valence-electron chi connectivity index (χ3n) is 3.90. The molecular formula is C19H23NO3. The maximum Gasteiger partial charge on any atom is 0.248 e. The van der Waals surface area contributed by atoms with E-state index in [9.17, 15) is 4.79 Å². The molecule has 0 aliphatic carbocycles. The van der Waals surface area contributed by atoms with Crippen LogP contribution in [0.4, 0.5) is 0 Å². The largest absolute Gasteiger partial charge is 0.496 e. The number of carbonyl (C=O) groups is 1. The molecule has 1 unspecified atom stereocenters. The minimum absolute atomic E-state index is 0.0562. The average molecular weight is 313 g/mol. The molecule has 0 aromatic heterocycles. The van der Waals surface area contributed by atoms with Crippen LogP contribution in [-0.2, 0) is 16.1 Å². The lowest BCUT2D eigenvalue weighted by molar-refractivity contribution is -0.137. The molecule has 122 valence electrons. The summed E-state index contributed by atoms with van der Waals surface area (Å²) in [6.07, 6.45) is 0. The monoisotopic (exact) mass is 313 g/mol. The van der Waals surface area contributed by atoms with Crippen molar-refractivity contribution in [3.8, 4) is 5.75 Å². The van der Waals surface area contributed by atoms with Crippen LogP contribution in [0.2, 0.25) is 0 Å². The minimum atomic E-state index is -0.0843. The van der Waals surface area contributed by atoms with Gasteiger partial charge in [0.25, 0.3) is 0 Å². The van der Waals surface area contributed by atoms with E-state index in [-0.39, 0.29) is 18.6 Å². The van der Waals surface area contributed by atoms with Gasteiger partial charge in [-0.25, -0.2) is 0 Å². The maximum absolute atomic E-state index is 12.3. The van der Waals surface area contributed by atoms with Crippen LogP contribution < -0.4 is 4.74 Å². The van der Waals surface area contributed by atoms with Crippen LogP contribution in [0.5, 0.6) is 5.75 Å². The topological polar surface area (TPSA) is 38.8 Å². The first kappa shape index (κ1) is 17.0. The lowest BCUT2D eigenvalue weighted by Crippen LogP contribution is -2.32. The molecule has 0 aliphatic heterocycles. The Balaban J connectivity index is 1.91. The summed E-state index contributed by atoms with van der Waals surface area (Å²) in [5.41, 5.74) is 2.04. The molecule has 2 aromatic carbocycles. The van der Waals surface area contributed by atoms with Crippen molar-refractivity contribution in [3.63, 3.8) is 0 Å². The second kappa shape index (κ2) is 8.34. The average Bonchev–Trinajstić information content (AvgIpc) is 2.61. The van der Waals surface area contributed by atoms with Crippen LogP contribution in [0.3, 0.4) is 0 Å². The molecule has 0 N–H and O–H groups in total. The fourth-order valence-corrected chi connectivity index (χ4v) is 2.37. The van der Waals surface area contributed by atoms with Gasteiger partial charge in [0.1, 0.15) is 12.4 Å². The van der Waals surface area contributed by atoms with Gasteiger partial charge in [0.05, 0.1) is 19.8 Å². The molecule has 23 heavy (non-hydrogen) atoms. The highest BCUT2D eigenvalue weighted by molar-refractivity contribution is 5.77. The summed E-state index contributed by atoms with van der Waals surface area (Å²) in [7, 11) is 3.42. The molecule has 0 aliphatic rings. The second-order valence-electron chi connectivity index (χ2n) is 5.40. The number of hydrogen-bond acceptors (Lipinski definition) is 3. The van der Waals surface area contributed by atoms with Crippen molar-refractivity contribution in [3.05, 3.63) is 65.7 Å². The van der Waals surface area contributed by atoms with Crippen molar-refractivity contribution in [2.75, 3.05) is 20.8 Å². The first-order chi connectivity index (χ1) is 11.1. The number of ether oxygens (including phenoxy) is 2. The molecule has 0 radical (unpaired) electrons. The van der Waals surface area contributed by atoms with Gasteiger partial charge in [-0.3, -0.25) is 4.79 Å². The molecule has 0 spiro atoms. The number of hydrogen-bond donors (Lipinski definition) is 0. The highest BCUT2D eigenvalue weighted by Gasteiger charge is 2.20. The first-order valence-electron chi connectivity index (χ1n) is 7.63. The summed E-state index contributed by atoms with van der Waals surface area (Å²) in [4.78, 5) is 14.0. The molecule has 0 fully saturated rings. The van der Waals surface area contributed by atoms with E-state index in [0.29, 0.717) is 6.61 Å². The van der Waals surface area contributed by atoms with Gasteiger partial charge in [0.2, 0.25) is 5.91 Å². The van der Waals surface area contributed by atoms with E-state index in [2.05, 4.69) is 0 Å². The third-order valence-corrected chi connectivity index (χ3v) is 3.90. The van der Waals surface area contributed by atoms with Crippen molar-refractivity contribution >= 4 is 5.91 Å². The molecule has 2 aromatic rings. The summed E-state index contributed by atoms with van der Waals surface area (Å²) < 4.78 is 10.9. The normalized spacial score (nSPS) is 11.8. The zero-order valence-electron chi connectivity index (χ0n) is 13.9. The Bertz CT molecular complexity index is 628. The molecule has 2 rings (SSSR count). The van der Waals surface area contributed by atoms with Gasteiger partial charge in [0.15, 0.2) is 0 Å². The third kappa shape index (κ3) is 4.57. The quantitative estimate of drug-likeness (QED) is 0.786. The zero-order valence-corrected chi connectivity index (χ0v) is 13.9. The van der Waals surface area contributed by atoms with E-state index in [1.165, 1.54) is 0 Å². The number of amides is 1. The number of rotatable bonds is 7. The van der Waals surface area contributed by atoms with Gasteiger partial charge in [-0.2, -0.15) is 0 Å². The lowest BCUT2D eigenvalue weighted by Gasteiger charge is -2.26. The van der Waals surface area contributed by atoms with Gasteiger partial charge >= 0.3 is 0 Å². The Hall–Kier alpha value is -2.33. The molecule has 4 nitrogen and oxygen atoms in total. The van der Waals surface area contributed by atoms with Crippen molar-refractivity contribution in [2.45, 2.75) is 19.6 Å². The molecule has 0 saturated heterocycles. The van der Waals surface area contributed by atoms with Crippen LogP contribution in [0.25, 0.3) is 0 Å². The number of likely N-dealkylation sites (N-methyl/N-ethyl adjacent to an activating group) is 1. The van der Waals surface area contributed by atoms with E-state index in [0.717, 1.165) is 16.9 Å². The fourth-order valence-electron chi connectivity index (χ4n) is 2.37. The van der Waals surface area contributed by atoms with Gasteiger partial charge < -0.3 is 14.4 Å². The van der Waals surface area contributed by atoms with Crippen molar-refractivity contribution in [1.29, 1.82) is 0 Å². The minimum Gasteiger partial charge on any atom is -0.496 e. The van der Waals surface area contributed by atoms with Gasteiger partial charge in [-0.05, 0) is 18.6 Å². The molecule has 0 heterocycles. The van der Waals surface area contributed by atoms with E-state index in [4.69, 9.17) is 9.47 Å². The Kier molecular flexibility index (Phi) is 6.18. The summed E-state index contributed by atoms with van der Waals surface area (Å²) in [5.74, 6) is 0.726. The Morgan fingerprint density at radius 3 is 2.43 bits per heavy atom. The second-order valence-corrected chi connectivity index (χ2v) is 5.40. The predicted molar refractivity (Wildman–Crippen MR) is 90.3 cm³/mol. The molecular weight excluding hydrogens is 290 g/mol. The SMILES string of the molecule is COc1ccccc1C(C)N(C)C(=O)COCc1ccccc1. The summed E-state index contributed by atoms with van der Waals surface area (Å²) in [6, 6.07) is 17.5. The van der Waals surface area contributed by atoms with E-state index >= 15 is 0 Å². The highest BCUT2D eigenvalue weighted by Crippen LogP contribution is 2.28. The van der Waals surface area contributed by atoms with Crippen molar-refractivity contribution in [1.82, 2.24) is 4.90 Å². The van der Waals surface area contributed by atoms with E-state index in [1.807, 2.05) is 61.5 Å². The number of carbonyl (C=O) groups excluding carboxylic acids is 1. The predicted octanol–water partition coefficient (Wildman–Crippen LogP) is 3.43. The molecule has 1 amide bonds. The maximum atomic E-state index is 12.3. The van der Waals surface area contributed by atoms with Crippen molar-refractivity contribution in [2.24, 2.45) is 0 Å². The lowest BCUT2D eigenvalue weighted by atomic mass is 10.1. The highest BCUT2D eigenvalue weighted by atomic mass is 16.5. The standard InChI is InChI=1S/C19H23NO3/c1-15(17-11-7-8-12-18(17)22-3)20(2)19(21)14-23-13-16-9-5-4-6-10-16/h4-12,15H,13-14H2,1-3H3. The molecule has 4 heteroatoms. The van der Waals surface area contributed by atoms with Crippen LogP contribution in [0.15, 0.2) is 54.6 Å². The molecule has 0 bridgehead atoms. The number of benzene rings is 2. The number of methoxy groups -OCH3 is 1. The zero-order chi connectivity index (χ0) is 16.7. The Morgan fingerprint density at radius 2 is 1.74 bits per heavy atom. The van der Waals surface area contributed by atoms with E-state index in [1.54, 1.807) is 19.1 Å². The smallest absolute Gasteiger partial charge is 0.248 e. The summed E-state index contributed by atoms with van der Waals surface area (Å²) in [5, 5.41) is 0. The summed E-state index contributed by atoms with van der Waals surface area (Å²) in [6.45, 7) is 2.47. The number of nitrogens with zero attached hydrogens (tertiary/aromatic N) is 1. The fraction of sp³-hybridized carbons (Fsp3) is 0.316. The molecule has 1 atom stereocenters. The number of para-hydroxylation sites is 1.